The number of ether oxygens (including phenoxy) is 1. The summed E-state index contributed by atoms with van der Waals surface area (Å²) in [4.78, 5) is 24.0. The lowest BCUT2D eigenvalue weighted by atomic mass is 10.1. The molecule has 0 bridgehead atoms. The SMILES string of the molecule is CC(OC(=O)c1ccc(C(F)(F)F)cc1)C(=O)Nc1ccc(Cl)cc1Cl. The number of nitrogens with one attached hydrogen (secondary N) is 1. The number of anilines is 1. The van der Waals surface area contributed by atoms with E-state index in [1.807, 2.05) is 0 Å². The number of alkyl halides is 3. The van der Waals surface area contributed by atoms with Crippen LogP contribution in [0.5, 0.6) is 0 Å². The first-order valence-corrected chi connectivity index (χ1v) is 7.97. The van der Waals surface area contributed by atoms with Crippen LogP contribution in [-0.2, 0) is 15.7 Å². The Hall–Kier alpha value is -2.25. The van der Waals surface area contributed by atoms with Gasteiger partial charge in [0.1, 0.15) is 0 Å². The van der Waals surface area contributed by atoms with Crippen LogP contribution in [0.25, 0.3) is 0 Å². The molecule has 0 aliphatic heterocycles. The highest BCUT2D eigenvalue weighted by Gasteiger charge is 2.30. The Morgan fingerprint density at radius 3 is 2.23 bits per heavy atom. The first-order valence-electron chi connectivity index (χ1n) is 7.22. The predicted molar refractivity (Wildman–Crippen MR) is 91.4 cm³/mol. The molecular formula is C17H12Cl2F3NO3. The van der Waals surface area contributed by atoms with E-state index in [0.29, 0.717) is 5.02 Å². The maximum absolute atomic E-state index is 12.5. The van der Waals surface area contributed by atoms with Crippen LogP contribution in [0, 0.1) is 0 Å². The van der Waals surface area contributed by atoms with Crippen molar-refractivity contribution in [2.45, 2.75) is 19.2 Å². The summed E-state index contributed by atoms with van der Waals surface area (Å²) in [7, 11) is 0. The monoisotopic (exact) mass is 405 g/mol. The zero-order valence-corrected chi connectivity index (χ0v) is 14.7. The van der Waals surface area contributed by atoms with Crippen molar-refractivity contribution in [2.75, 3.05) is 5.32 Å². The minimum absolute atomic E-state index is 0.109. The summed E-state index contributed by atoms with van der Waals surface area (Å²) in [5.74, 6) is -1.59. The third-order valence-corrected chi connectivity index (χ3v) is 3.84. The number of benzene rings is 2. The summed E-state index contributed by atoms with van der Waals surface area (Å²) in [6.07, 6.45) is -5.70. The first kappa shape index (κ1) is 20.1. The summed E-state index contributed by atoms with van der Waals surface area (Å²) in [6, 6.07) is 7.90. The van der Waals surface area contributed by atoms with Gasteiger partial charge >= 0.3 is 12.1 Å². The molecule has 1 N–H and O–H groups in total. The summed E-state index contributed by atoms with van der Waals surface area (Å²) >= 11 is 11.7. The Morgan fingerprint density at radius 1 is 1.08 bits per heavy atom. The van der Waals surface area contributed by atoms with E-state index in [0.717, 1.165) is 24.3 Å². The Morgan fingerprint density at radius 2 is 1.69 bits per heavy atom. The van der Waals surface area contributed by atoms with Crippen molar-refractivity contribution in [3.63, 3.8) is 0 Å². The molecule has 0 radical (unpaired) electrons. The molecule has 9 heteroatoms. The Labute approximate surface area is 156 Å². The van der Waals surface area contributed by atoms with E-state index in [4.69, 9.17) is 27.9 Å². The first-order chi connectivity index (χ1) is 12.1. The molecule has 1 amide bonds. The predicted octanol–water partition coefficient (Wildman–Crippen LogP) is 5.20. The molecule has 1 atom stereocenters. The van der Waals surface area contributed by atoms with Crippen LogP contribution < -0.4 is 5.32 Å². The molecule has 2 aromatic rings. The second-order valence-electron chi connectivity index (χ2n) is 5.24. The second-order valence-corrected chi connectivity index (χ2v) is 6.08. The lowest BCUT2D eigenvalue weighted by Gasteiger charge is -2.14. The molecule has 1 unspecified atom stereocenters. The highest BCUT2D eigenvalue weighted by atomic mass is 35.5. The maximum atomic E-state index is 12.5. The van der Waals surface area contributed by atoms with E-state index in [1.54, 1.807) is 0 Å². The highest BCUT2D eigenvalue weighted by molar-refractivity contribution is 6.36. The number of hydrogen-bond acceptors (Lipinski definition) is 3. The Bertz CT molecular complexity index is 823. The van der Waals surface area contributed by atoms with Crippen molar-refractivity contribution in [2.24, 2.45) is 0 Å². The molecule has 0 fully saturated rings. The van der Waals surface area contributed by atoms with Crippen molar-refractivity contribution in [1.82, 2.24) is 0 Å². The molecule has 4 nitrogen and oxygen atoms in total. The van der Waals surface area contributed by atoms with Gasteiger partial charge < -0.3 is 10.1 Å². The van der Waals surface area contributed by atoms with Gasteiger partial charge in [0, 0.05) is 5.02 Å². The number of carbonyl (C=O) groups excluding carboxylic acids is 2. The zero-order valence-electron chi connectivity index (χ0n) is 13.2. The number of rotatable bonds is 4. The molecule has 2 rings (SSSR count). The second kappa shape index (κ2) is 7.97. The number of halogens is 5. The minimum atomic E-state index is -4.51. The van der Waals surface area contributed by atoms with E-state index in [9.17, 15) is 22.8 Å². The molecule has 0 heterocycles. The van der Waals surface area contributed by atoms with Gasteiger partial charge in [-0.25, -0.2) is 4.79 Å². The minimum Gasteiger partial charge on any atom is -0.449 e. The van der Waals surface area contributed by atoms with Gasteiger partial charge in [0.2, 0.25) is 0 Å². The van der Waals surface area contributed by atoms with E-state index in [1.165, 1.54) is 25.1 Å². The van der Waals surface area contributed by atoms with Crippen molar-refractivity contribution >= 4 is 40.8 Å². The lowest BCUT2D eigenvalue weighted by molar-refractivity contribution is -0.137. The van der Waals surface area contributed by atoms with Crippen molar-refractivity contribution in [3.8, 4) is 0 Å². The number of amides is 1. The summed E-state index contributed by atoms with van der Waals surface area (Å²) in [6.45, 7) is 1.32. The van der Waals surface area contributed by atoms with E-state index < -0.39 is 29.7 Å². The average molecular weight is 406 g/mol. The molecule has 0 aromatic heterocycles. The van der Waals surface area contributed by atoms with Crippen LogP contribution in [0.1, 0.15) is 22.8 Å². The van der Waals surface area contributed by atoms with Crippen LogP contribution in [0.4, 0.5) is 18.9 Å². The topological polar surface area (TPSA) is 55.4 Å². The largest absolute Gasteiger partial charge is 0.449 e. The molecule has 0 saturated carbocycles. The fraction of sp³-hybridized carbons (Fsp3) is 0.176. The molecule has 0 saturated heterocycles. The van der Waals surface area contributed by atoms with Crippen molar-refractivity contribution in [1.29, 1.82) is 0 Å². The Balaban J connectivity index is 2.00. The fourth-order valence-electron chi connectivity index (χ4n) is 1.90. The summed E-state index contributed by atoms with van der Waals surface area (Å²) < 4.78 is 42.5. The maximum Gasteiger partial charge on any atom is 0.416 e. The average Bonchev–Trinajstić information content (AvgIpc) is 2.56. The number of carbonyl (C=O) groups is 2. The van der Waals surface area contributed by atoms with Crippen molar-refractivity contribution in [3.05, 3.63) is 63.6 Å². The van der Waals surface area contributed by atoms with Crippen LogP contribution in [0.3, 0.4) is 0 Å². The van der Waals surface area contributed by atoms with Gasteiger partial charge in [-0.15, -0.1) is 0 Å². The van der Waals surface area contributed by atoms with Gasteiger partial charge in [0.05, 0.1) is 21.8 Å². The van der Waals surface area contributed by atoms with Crippen LogP contribution in [-0.4, -0.2) is 18.0 Å². The number of hydrogen-bond donors (Lipinski definition) is 1. The van der Waals surface area contributed by atoms with Crippen molar-refractivity contribution < 1.29 is 27.5 Å². The van der Waals surface area contributed by atoms with Crippen LogP contribution in [0.15, 0.2) is 42.5 Å². The third kappa shape index (κ3) is 5.12. The van der Waals surface area contributed by atoms with E-state index >= 15 is 0 Å². The lowest BCUT2D eigenvalue weighted by Crippen LogP contribution is -2.30. The van der Waals surface area contributed by atoms with Gasteiger partial charge in [0.15, 0.2) is 6.10 Å². The van der Waals surface area contributed by atoms with Crippen LogP contribution in [0.2, 0.25) is 10.0 Å². The Kier molecular flexibility index (Phi) is 6.15. The van der Waals surface area contributed by atoms with E-state index in [2.05, 4.69) is 5.32 Å². The molecule has 138 valence electrons. The van der Waals surface area contributed by atoms with Gasteiger partial charge in [-0.1, -0.05) is 23.2 Å². The van der Waals surface area contributed by atoms with E-state index in [-0.39, 0.29) is 16.3 Å². The zero-order chi connectivity index (χ0) is 19.5. The van der Waals surface area contributed by atoms with Gasteiger partial charge in [-0.05, 0) is 49.4 Å². The standard InChI is InChI=1S/C17H12Cl2F3NO3/c1-9(15(24)23-14-7-6-12(18)8-13(14)19)26-16(25)10-2-4-11(5-3-10)17(20,21)22/h2-9H,1H3,(H,23,24). The van der Waals surface area contributed by atoms with Crippen LogP contribution >= 0.6 is 23.2 Å². The molecular weight excluding hydrogens is 394 g/mol. The molecule has 0 spiro atoms. The smallest absolute Gasteiger partial charge is 0.416 e. The normalized spacial score (nSPS) is 12.4. The number of esters is 1. The molecule has 0 aliphatic carbocycles. The highest BCUT2D eigenvalue weighted by Crippen LogP contribution is 2.29. The summed E-state index contributed by atoms with van der Waals surface area (Å²) in [5, 5.41) is 3.05. The van der Waals surface area contributed by atoms with Gasteiger partial charge in [-0.3, -0.25) is 4.79 Å². The van der Waals surface area contributed by atoms with Gasteiger partial charge in [0.25, 0.3) is 5.91 Å². The molecule has 2 aromatic carbocycles. The third-order valence-electron chi connectivity index (χ3n) is 3.29. The molecule has 0 aliphatic rings. The van der Waals surface area contributed by atoms with Gasteiger partial charge in [-0.2, -0.15) is 13.2 Å². The fourth-order valence-corrected chi connectivity index (χ4v) is 2.36. The molecule has 26 heavy (non-hydrogen) atoms. The summed E-state index contributed by atoms with van der Waals surface area (Å²) in [5.41, 5.74) is -0.724. The quantitative estimate of drug-likeness (QED) is 0.711.